The van der Waals surface area contributed by atoms with Crippen molar-refractivity contribution < 1.29 is 58.2 Å². The predicted molar refractivity (Wildman–Crippen MR) is 321 cm³/mol. The van der Waals surface area contributed by atoms with Crippen LogP contribution in [0, 0.1) is 0 Å². The van der Waals surface area contributed by atoms with E-state index in [4.69, 9.17) is 23.7 Å². The van der Waals surface area contributed by atoms with Gasteiger partial charge in [-0.2, -0.15) is 0 Å². The minimum absolute atomic E-state index is 0.0122. The van der Waals surface area contributed by atoms with Crippen LogP contribution in [0.4, 0.5) is 0 Å². The zero-order valence-electron chi connectivity index (χ0n) is 49.3. The van der Waals surface area contributed by atoms with E-state index in [-0.39, 0.29) is 25.9 Å². The Bertz CT molecular complexity index is 1790. The predicted octanol–water partition coefficient (Wildman–Crippen LogP) is 16.2. The molecule has 448 valence electrons. The molecule has 3 N–H and O–H groups in total. The van der Waals surface area contributed by atoms with Gasteiger partial charge in [-0.3, -0.25) is 14.4 Å². The highest BCUT2D eigenvalue weighted by Gasteiger charge is 2.50. The first kappa shape index (κ1) is 72.4. The molecule has 0 aromatic carbocycles. The van der Waals surface area contributed by atoms with Crippen LogP contribution < -0.4 is 0 Å². The van der Waals surface area contributed by atoms with Crippen LogP contribution in [0.2, 0.25) is 0 Å². The number of aliphatic hydroxyl groups excluding tert-OH is 2. The number of carbonyl (C=O) groups is 4. The number of hydrogen-bond acceptors (Lipinski definition) is 11. The molecule has 6 atom stereocenters. The number of aliphatic carboxylic acids is 1. The van der Waals surface area contributed by atoms with Crippen LogP contribution in [-0.4, -0.2) is 89.2 Å². The van der Waals surface area contributed by atoms with Gasteiger partial charge in [0.2, 0.25) is 0 Å². The second kappa shape index (κ2) is 54.0. The van der Waals surface area contributed by atoms with Gasteiger partial charge in [-0.1, -0.05) is 207 Å². The third-order valence-corrected chi connectivity index (χ3v) is 13.3. The summed E-state index contributed by atoms with van der Waals surface area (Å²) >= 11 is 0. The molecular formula is C67H108O12. The van der Waals surface area contributed by atoms with Gasteiger partial charge in [0, 0.05) is 19.3 Å². The highest BCUT2D eigenvalue weighted by Crippen LogP contribution is 2.26. The zero-order chi connectivity index (χ0) is 57.5. The molecule has 0 spiro atoms. The van der Waals surface area contributed by atoms with Crippen molar-refractivity contribution in [1.29, 1.82) is 0 Å². The SMILES string of the molecule is CC/C=C\C/C=C\C/C=C\C/C=C\C/C=C\CCCCCC(=O)OC1C(OCC(COC(=O)CCCCCCCCC/C=C\CCCCCCCC)OC(=O)CCCCC/C=C\C/C=C\C/C=C\CC)OC(C(=O)O)C(O)C1O. The first-order valence-corrected chi connectivity index (χ1v) is 30.9. The maximum Gasteiger partial charge on any atom is 0.335 e. The molecule has 1 saturated heterocycles. The Morgan fingerprint density at radius 1 is 0.430 bits per heavy atom. The van der Waals surface area contributed by atoms with Crippen molar-refractivity contribution in [3.05, 3.63) is 109 Å². The van der Waals surface area contributed by atoms with Gasteiger partial charge in [0.05, 0.1) is 6.61 Å². The summed E-state index contributed by atoms with van der Waals surface area (Å²) in [5, 5.41) is 31.5. The van der Waals surface area contributed by atoms with E-state index in [0.717, 1.165) is 122 Å². The minimum Gasteiger partial charge on any atom is -0.479 e. The average molecular weight is 1110 g/mol. The van der Waals surface area contributed by atoms with E-state index in [9.17, 15) is 34.5 Å². The third kappa shape index (κ3) is 43.8. The number of aliphatic hydroxyl groups is 2. The number of esters is 3. The Morgan fingerprint density at radius 3 is 1.24 bits per heavy atom. The Kier molecular flexibility index (Phi) is 49.5. The Balaban J connectivity index is 2.71. The van der Waals surface area contributed by atoms with Gasteiger partial charge in [0.25, 0.3) is 0 Å². The summed E-state index contributed by atoms with van der Waals surface area (Å²) in [6.07, 6.45) is 60.5. The van der Waals surface area contributed by atoms with Gasteiger partial charge >= 0.3 is 23.9 Å². The van der Waals surface area contributed by atoms with Crippen LogP contribution in [0.5, 0.6) is 0 Å². The molecule has 1 heterocycles. The summed E-state index contributed by atoms with van der Waals surface area (Å²) in [7, 11) is 0. The van der Waals surface area contributed by atoms with Crippen LogP contribution in [-0.2, 0) is 42.9 Å². The largest absolute Gasteiger partial charge is 0.479 e. The fourth-order valence-electron chi connectivity index (χ4n) is 8.64. The van der Waals surface area contributed by atoms with Gasteiger partial charge in [-0.15, -0.1) is 0 Å². The molecule has 0 amide bonds. The first-order chi connectivity index (χ1) is 38.6. The number of unbranched alkanes of at least 4 members (excludes halogenated alkanes) is 19. The van der Waals surface area contributed by atoms with Crippen molar-refractivity contribution in [3.8, 4) is 0 Å². The summed E-state index contributed by atoms with van der Waals surface area (Å²) in [5.74, 6) is -3.22. The number of allylic oxidation sites excluding steroid dienone is 18. The van der Waals surface area contributed by atoms with E-state index in [0.29, 0.717) is 19.3 Å². The van der Waals surface area contributed by atoms with E-state index in [1.165, 1.54) is 57.8 Å². The van der Waals surface area contributed by atoms with E-state index in [2.05, 4.69) is 130 Å². The summed E-state index contributed by atoms with van der Waals surface area (Å²) < 4.78 is 28.4. The standard InChI is InChI=1S/C67H108O12/c1-4-7-10-13-16-19-22-25-27-29-30-32-34-37-40-43-46-49-52-55-61(70)78-65-63(72)62(71)64(66(73)74)79-67(65)76-57-58(77-60(69)54-51-48-45-42-39-35-24-21-18-15-12-9-6-3)56-75-59(68)53-50-47-44-41-38-36-33-31-28-26-23-20-17-14-11-8-5-2/h7,9-10,12,16,18-19,21,25-28,30,32,35,37,39-40,58,62-65,67,71-72H,4-6,8,11,13-15,17,20,22-24,29,31,33-34,36,38,41-57H2,1-3H3,(H,73,74)/b10-7-,12-9-,19-16-,21-18-,27-25-,28-26-,32-30-,39-35-,40-37-. The maximum atomic E-state index is 13.1. The first-order valence-electron chi connectivity index (χ1n) is 30.9. The fraction of sp³-hybridized carbons (Fsp3) is 0.672. The molecule has 1 rings (SSSR count). The number of ether oxygens (including phenoxy) is 5. The molecule has 12 heteroatoms. The molecule has 0 bridgehead atoms. The van der Waals surface area contributed by atoms with Crippen LogP contribution in [0.15, 0.2) is 109 Å². The second-order valence-electron chi connectivity index (χ2n) is 20.6. The molecule has 1 aliphatic heterocycles. The van der Waals surface area contributed by atoms with Crippen LogP contribution in [0.1, 0.15) is 239 Å². The Hall–Kier alpha value is -4.62. The highest BCUT2D eigenvalue weighted by molar-refractivity contribution is 5.74. The molecule has 0 radical (unpaired) electrons. The molecule has 6 unspecified atom stereocenters. The average Bonchev–Trinajstić information content (AvgIpc) is 3.46. The van der Waals surface area contributed by atoms with Crippen molar-refractivity contribution in [2.45, 2.75) is 276 Å². The van der Waals surface area contributed by atoms with Gasteiger partial charge < -0.3 is 39.0 Å². The number of carboxylic acids is 1. The van der Waals surface area contributed by atoms with E-state index in [1.54, 1.807) is 0 Å². The van der Waals surface area contributed by atoms with Crippen molar-refractivity contribution in [2.75, 3.05) is 13.2 Å². The van der Waals surface area contributed by atoms with E-state index < -0.39 is 67.3 Å². The molecule has 1 aliphatic rings. The van der Waals surface area contributed by atoms with Crippen molar-refractivity contribution >= 4 is 23.9 Å². The molecule has 79 heavy (non-hydrogen) atoms. The third-order valence-electron chi connectivity index (χ3n) is 13.3. The normalized spacial score (nSPS) is 18.6. The molecular weight excluding hydrogens is 997 g/mol. The van der Waals surface area contributed by atoms with Crippen molar-refractivity contribution in [1.82, 2.24) is 0 Å². The Morgan fingerprint density at radius 2 is 0.797 bits per heavy atom. The highest BCUT2D eigenvalue weighted by atomic mass is 16.7. The quantitative estimate of drug-likeness (QED) is 0.0228. The lowest BCUT2D eigenvalue weighted by atomic mass is 9.98. The number of carbonyl (C=O) groups excluding carboxylic acids is 3. The van der Waals surface area contributed by atoms with Crippen molar-refractivity contribution in [3.63, 3.8) is 0 Å². The smallest absolute Gasteiger partial charge is 0.335 e. The minimum atomic E-state index is -1.93. The van der Waals surface area contributed by atoms with Gasteiger partial charge in [-0.25, -0.2) is 4.79 Å². The Labute approximate surface area is 478 Å². The fourth-order valence-corrected chi connectivity index (χ4v) is 8.64. The van der Waals surface area contributed by atoms with E-state index >= 15 is 0 Å². The molecule has 0 aromatic heterocycles. The molecule has 0 aromatic rings. The lowest BCUT2D eigenvalue weighted by molar-refractivity contribution is -0.301. The summed E-state index contributed by atoms with van der Waals surface area (Å²) in [6, 6.07) is 0. The van der Waals surface area contributed by atoms with Gasteiger partial charge in [0.1, 0.15) is 18.8 Å². The lowest BCUT2D eigenvalue weighted by Crippen LogP contribution is -2.61. The van der Waals surface area contributed by atoms with Crippen molar-refractivity contribution in [2.24, 2.45) is 0 Å². The maximum absolute atomic E-state index is 13.1. The summed E-state index contributed by atoms with van der Waals surface area (Å²) in [6.45, 7) is 5.72. The number of rotatable bonds is 51. The van der Waals surface area contributed by atoms with Crippen LogP contribution >= 0.6 is 0 Å². The van der Waals surface area contributed by atoms with Crippen LogP contribution in [0.3, 0.4) is 0 Å². The molecule has 1 fully saturated rings. The molecule has 0 aliphatic carbocycles. The van der Waals surface area contributed by atoms with Crippen LogP contribution in [0.25, 0.3) is 0 Å². The molecule has 0 saturated carbocycles. The lowest BCUT2D eigenvalue weighted by Gasteiger charge is -2.40. The second-order valence-corrected chi connectivity index (χ2v) is 20.6. The molecule has 12 nitrogen and oxygen atoms in total. The summed E-state index contributed by atoms with van der Waals surface area (Å²) in [4.78, 5) is 51.2. The zero-order valence-corrected chi connectivity index (χ0v) is 49.3. The monoisotopic (exact) mass is 1100 g/mol. The van der Waals surface area contributed by atoms with Gasteiger partial charge in [-0.05, 0) is 122 Å². The summed E-state index contributed by atoms with van der Waals surface area (Å²) in [5.41, 5.74) is 0. The van der Waals surface area contributed by atoms with Gasteiger partial charge in [0.15, 0.2) is 24.6 Å². The topological polar surface area (TPSA) is 175 Å². The van der Waals surface area contributed by atoms with E-state index in [1.807, 2.05) is 0 Å². The number of hydrogen-bond donors (Lipinski definition) is 3. The number of carboxylic acid groups (broad SMARTS) is 1.